The zero-order valence-corrected chi connectivity index (χ0v) is 7.56. The Balaban J connectivity index is 2.39. The second-order valence-electron chi connectivity index (χ2n) is 3.61. The van der Waals surface area contributed by atoms with Crippen LogP contribution in [-0.4, -0.2) is 24.8 Å². The molecule has 0 aromatic carbocycles. The van der Waals surface area contributed by atoms with Gasteiger partial charge in [0, 0.05) is 20.0 Å². The van der Waals surface area contributed by atoms with Gasteiger partial charge >= 0.3 is 0 Å². The summed E-state index contributed by atoms with van der Waals surface area (Å²) in [4.78, 5) is 1.94. The Labute approximate surface area is 69.1 Å². The minimum Gasteiger partial charge on any atom is -0.366 e. The molecular weight excluding hydrogens is 136 g/mol. The summed E-state index contributed by atoms with van der Waals surface area (Å²) in [6.45, 7) is 0. The maximum Gasteiger partial charge on any atom is 0.0984 e. The molecule has 0 aromatic heterocycles. The molecule has 0 radical (unpaired) electrons. The summed E-state index contributed by atoms with van der Waals surface area (Å²) in [5.41, 5.74) is 0. The van der Waals surface area contributed by atoms with Gasteiger partial charge in [-0.1, -0.05) is 19.3 Å². The largest absolute Gasteiger partial charge is 0.366 e. The van der Waals surface area contributed by atoms with Crippen molar-refractivity contribution in [2.75, 3.05) is 14.1 Å². The van der Waals surface area contributed by atoms with E-state index in [-0.39, 0.29) is 0 Å². The highest BCUT2D eigenvalue weighted by atomic mass is 15.1. The lowest BCUT2D eigenvalue weighted by Crippen LogP contribution is -2.30. The van der Waals surface area contributed by atoms with Gasteiger partial charge in [0.25, 0.3) is 0 Å². The van der Waals surface area contributed by atoms with Crippen molar-refractivity contribution in [2.45, 2.75) is 32.1 Å². The van der Waals surface area contributed by atoms with Gasteiger partial charge in [0.15, 0.2) is 0 Å². The zero-order chi connectivity index (χ0) is 8.27. The lowest BCUT2D eigenvalue weighted by atomic mass is 9.88. The highest BCUT2D eigenvalue weighted by molar-refractivity contribution is 5.81. The first-order valence-corrected chi connectivity index (χ1v) is 4.47. The van der Waals surface area contributed by atoms with Gasteiger partial charge in [0.1, 0.15) is 0 Å². The monoisotopic (exact) mass is 154 g/mol. The van der Waals surface area contributed by atoms with Gasteiger partial charge in [-0.25, -0.2) is 0 Å². The molecule has 1 saturated carbocycles. The van der Waals surface area contributed by atoms with Crippen LogP contribution in [0.25, 0.3) is 0 Å². The Morgan fingerprint density at radius 1 is 1.18 bits per heavy atom. The molecule has 0 amide bonds. The van der Waals surface area contributed by atoms with Crippen LogP contribution in [0.15, 0.2) is 0 Å². The quantitative estimate of drug-likeness (QED) is 0.454. The molecule has 0 heterocycles. The van der Waals surface area contributed by atoms with Gasteiger partial charge in [0.2, 0.25) is 0 Å². The highest BCUT2D eigenvalue weighted by Gasteiger charge is 2.18. The predicted molar refractivity (Wildman–Crippen MR) is 48.0 cm³/mol. The van der Waals surface area contributed by atoms with Crippen LogP contribution in [0, 0.1) is 11.3 Å². The number of amidine groups is 1. The van der Waals surface area contributed by atoms with Crippen LogP contribution in [0.1, 0.15) is 32.1 Å². The lowest BCUT2D eigenvalue weighted by Gasteiger charge is -2.26. The molecule has 0 spiro atoms. The number of hydrogen-bond acceptors (Lipinski definition) is 1. The van der Waals surface area contributed by atoms with E-state index in [1.54, 1.807) is 0 Å². The van der Waals surface area contributed by atoms with Gasteiger partial charge in [0.05, 0.1) is 5.84 Å². The first-order chi connectivity index (χ1) is 5.22. The van der Waals surface area contributed by atoms with Crippen LogP contribution >= 0.6 is 0 Å². The van der Waals surface area contributed by atoms with E-state index in [0.717, 1.165) is 5.84 Å². The Morgan fingerprint density at radius 3 is 2.18 bits per heavy atom. The van der Waals surface area contributed by atoms with Crippen molar-refractivity contribution < 1.29 is 0 Å². The van der Waals surface area contributed by atoms with E-state index in [1.807, 2.05) is 19.0 Å². The van der Waals surface area contributed by atoms with E-state index >= 15 is 0 Å². The molecule has 0 aliphatic heterocycles. The molecule has 1 aliphatic rings. The summed E-state index contributed by atoms with van der Waals surface area (Å²) < 4.78 is 0. The van der Waals surface area contributed by atoms with Crippen molar-refractivity contribution in [3.05, 3.63) is 0 Å². The predicted octanol–water partition coefficient (Wildman–Crippen LogP) is 2.11. The normalized spacial score (nSPS) is 19.8. The SMILES string of the molecule is CN(C)C(=N)C1CCCCC1. The molecule has 1 fully saturated rings. The second kappa shape index (κ2) is 3.74. The second-order valence-corrected chi connectivity index (χ2v) is 3.61. The van der Waals surface area contributed by atoms with Crippen LogP contribution < -0.4 is 0 Å². The molecule has 0 aromatic rings. The number of hydrogen-bond donors (Lipinski definition) is 1. The molecule has 2 nitrogen and oxygen atoms in total. The van der Waals surface area contributed by atoms with Gasteiger partial charge in [-0.05, 0) is 12.8 Å². The first-order valence-electron chi connectivity index (χ1n) is 4.47. The smallest absolute Gasteiger partial charge is 0.0984 e. The van der Waals surface area contributed by atoms with Gasteiger partial charge in [-0.2, -0.15) is 0 Å². The van der Waals surface area contributed by atoms with Crippen LogP contribution in [0.3, 0.4) is 0 Å². The minimum atomic E-state index is 0.554. The average molecular weight is 154 g/mol. The average Bonchev–Trinajstić information content (AvgIpc) is 2.05. The molecular formula is C9H18N2. The third-order valence-electron chi connectivity index (χ3n) is 2.47. The Morgan fingerprint density at radius 2 is 1.73 bits per heavy atom. The van der Waals surface area contributed by atoms with Crippen molar-refractivity contribution in [3.8, 4) is 0 Å². The molecule has 0 bridgehead atoms. The summed E-state index contributed by atoms with van der Waals surface area (Å²) in [5, 5.41) is 7.76. The van der Waals surface area contributed by atoms with Crippen molar-refractivity contribution in [3.63, 3.8) is 0 Å². The maximum absolute atomic E-state index is 7.76. The van der Waals surface area contributed by atoms with Crippen molar-refractivity contribution in [1.82, 2.24) is 4.90 Å². The van der Waals surface area contributed by atoms with E-state index in [2.05, 4.69) is 0 Å². The standard InChI is InChI=1S/C9H18N2/c1-11(2)9(10)8-6-4-3-5-7-8/h8,10H,3-7H2,1-2H3. The van der Waals surface area contributed by atoms with E-state index in [1.165, 1.54) is 32.1 Å². The van der Waals surface area contributed by atoms with Crippen molar-refractivity contribution >= 4 is 5.84 Å². The fourth-order valence-corrected chi connectivity index (χ4v) is 1.74. The summed E-state index contributed by atoms with van der Waals surface area (Å²) in [5.74, 6) is 1.38. The van der Waals surface area contributed by atoms with Gasteiger partial charge in [-0.3, -0.25) is 5.41 Å². The highest BCUT2D eigenvalue weighted by Crippen LogP contribution is 2.24. The summed E-state index contributed by atoms with van der Waals surface area (Å²) in [7, 11) is 3.94. The first kappa shape index (κ1) is 8.57. The summed E-state index contributed by atoms with van der Waals surface area (Å²) in [6.07, 6.45) is 6.48. The van der Waals surface area contributed by atoms with Crippen molar-refractivity contribution in [1.29, 1.82) is 5.41 Å². The van der Waals surface area contributed by atoms with Crippen molar-refractivity contribution in [2.24, 2.45) is 5.92 Å². The lowest BCUT2D eigenvalue weighted by molar-refractivity contribution is 0.405. The zero-order valence-electron chi connectivity index (χ0n) is 7.56. The van der Waals surface area contributed by atoms with E-state index in [4.69, 9.17) is 5.41 Å². The van der Waals surface area contributed by atoms with E-state index in [0.29, 0.717) is 5.92 Å². The molecule has 1 aliphatic carbocycles. The van der Waals surface area contributed by atoms with Crippen LogP contribution in [0.2, 0.25) is 0 Å². The molecule has 11 heavy (non-hydrogen) atoms. The fourth-order valence-electron chi connectivity index (χ4n) is 1.74. The van der Waals surface area contributed by atoms with Crippen LogP contribution in [0.5, 0.6) is 0 Å². The number of rotatable bonds is 1. The molecule has 0 unspecified atom stereocenters. The minimum absolute atomic E-state index is 0.554. The van der Waals surface area contributed by atoms with Gasteiger partial charge in [-0.15, -0.1) is 0 Å². The van der Waals surface area contributed by atoms with Gasteiger partial charge < -0.3 is 4.90 Å². The molecule has 64 valence electrons. The third kappa shape index (κ3) is 2.21. The number of nitrogens with zero attached hydrogens (tertiary/aromatic N) is 1. The van der Waals surface area contributed by atoms with E-state index < -0.39 is 0 Å². The molecule has 0 saturated heterocycles. The number of nitrogens with one attached hydrogen (secondary N) is 1. The Bertz CT molecular complexity index is 134. The topological polar surface area (TPSA) is 27.1 Å². The Kier molecular flexibility index (Phi) is 2.92. The van der Waals surface area contributed by atoms with E-state index in [9.17, 15) is 0 Å². The summed E-state index contributed by atoms with van der Waals surface area (Å²) in [6, 6.07) is 0. The molecule has 1 N–H and O–H groups in total. The molecule has 1 rings (SSSR count). The third-order valence-corrected chi connectivity index (χ3v) is 2.47. The molecule has 0 atom stereocenters. The maximum atomic E-state index is 7.76. The molecule has 2 heteroatoms. The van der Waals surface area contributed by atoms with Crippen LogP contribution in [0.4, 0.5) is 0 Å². The fraction of sp³-hybridized carbons (Fsp3) is 0.889. The summed E-state index contributed by atoms with van der Waals surface area (Å²) >= 11 is 0. The Hall–Kier alpha value is -0.530. The van der Waals surface area contributed by atoms with Crippen LogP contribution in [-0.2, 0) is 0 Å².